The summed E-state index contributed by atoms with van der Waals surface area (Å²) in [5.41, 5.74) is 0. The molecule has 0 radical (unpaired) electrons. The summed E-state index contributed by atoms with van der Waals surface area (Å²) >= 11 is 6.03. The zero-order valence-electron chi connectivity index (χ0n) is 18.1. The van der Waals surface area contributed by atoms with Crippen molar-refractivity contribution in [1.29, 1.82) is 0 Å². The lowest BCUT2D eigenvalue weighted by atomic mass is 9.96. The Labute approximate surface area is 194 Å². The van der Waals surface area contributed by atoms with E-state index in [9.17, 15) is 18.3 Å². The van der Waals surface area contributed by atoms with Gasteiger partial charge in [0.25, 0.3) is 0 Å². The fourth-order valence-electron chi connectivity index (χ4n) is 4.80. The molecule has 32 heavy (non-hydrogen) atoms. The minimum Gasteiger partial charge on any atom is -0.389 e. The minimum atomic E-state index is -3.91. The molecule has 0 unspecified atom stereocenters. The van der Waals surface area contributed by atoms with E-state index in [1.165, 1.54) is 16.4 Å². The van der Waals surface area contributed by atoms with Gasteiger partial charge in [0.15, 0.2) is 0 Å². The highest BCUT2D eigenvalue weighted by Crippen LogP contribution is 2.32. The molecule has 178 valence electrons. The van der Waals surface area contributed by atoms with Gasteiger partial charge < -0.3 is 19.5 Å². The number of carbonyl (C=O) groups excluding carboxylic acids is 1. The van der Waals surface area contributed by atoms with Crippen molar-refractivity contribution >= 4 is 27.5 Å². The zero-order chi connectivity index (χ0) is 22.7. The Bertz CT molecular complexity index is 907. The number of rotatable bonds is 4. The normalized spacial score (nSPS) is 30.2. The van der Waals surface area contributed by atoms with Crippen molar-refractivity contribution < 1.29 is 27.8 Å². The Kier molecular flexibility index (Phi) is 7.74. The lowest BCUT2D eigenvalue weighted by Crippen LogP contribution is -2.57. The number of benzene rings is 1. The van der Waals surface area contributed by atoms with E-state index in [4.69, 9.17) is 21.1 Å². The molecule has 1 N–H and O–H groups in total. The number of likely N-dealkylation sites (tertiary alicyclic amines) is 1. The molecule has 3 saturated heterocycles. The number of fused-ring (bicyclic) bond motifs is 1. The first-order valence-corrected chi connectivity index (χ1v) is 13.1. The van der Waals surface area contributed by atoms with Crippen LogP contribution in [0.2, 0.25) is 5.02 Å². The van der Waals surface area contributed by atoms with Crippen LogP contribution >= 0.6 is 11.6 Å². The smallest absolute Gasteiger partial charge is 0.243 e. The zero-order valence-corrected chi connectivity index (χ0v) is 19.6. The van der Waals surface area contributed by atoms with E-state index >= 15 is 0 Å². The summed E-state index contributed by atoms with van der Waals surface area (Å²) in [6.07, 6.45) is 2.90. The summed E-state index contributed by atoms with van der Waals surface area (Å²) in [6, 6.07) is 5.64. The van der Waals surface area contributed by atoms with Gasteiger partial charge in [0.1, 0.15) is 0 Å². The first kappa shape index (κ1) is 23.9. The maximum atomic E-state index is 13.5. The van der Waals surface area contributed by atoms with Gasteiger partial charge in [-0.2, -0.15) is 4.31 Å². The van der Waals surface area contributed by atoms with E-state index in [-0.39, 0.29) is 36.7 Å². The number of nitrogens with zero attached hydrogens (tertiary/aromatic N) is 2. The summed E-state index contributed by atoms with van der Waals surface area (Å²) < 4.78 is 40.1. The number of aliphatic hydroxyl groups is 1. The molecule has 0 aromatic heterocycles. The number of hydrogen-bond acceptors (Lipinski definition) is 6. The summed E-state index contributed by atoms with van der Waals surface area (Å²) in [5, 5.41) is 10.6. The fraction of sp³-hybridized carbons (Fsp3) is 0.682. The van der Waals surface area contributed by atoms with Crippen LogP contribution in [0.1, 0.15) is 38.5 Å². The number of aliphatic hydroxyl groups excluding tert-OH is 1. The van der Waals surface area contributed by atoms with Crippen molar-refractivity contribution in [2.24, 2.45) is 0 Å². The lowest BCUT2D eigenvalue weighted by molar-refractivity contribution is -0.152. The van der Waals surface area contributed by atoms with Gasteiger partial charge in [0.2, 0.25) is 15.9 Å². The number of ether oxygens (including phenoxy) is 2. The van der Waals surface area contributed by atoms with Gasteiger partial charge in [-0.05, 0) is 50.3 Å². The number of piperidine rings is 1. The standard InChI is InChI=1S/C22H31ClN2O6S/c23-16-5-4-6-19(11-16)32(28,29)25-13-17(26)14-30-15-21-20(25)8-7-18(31-21)12-22(27)24-9-2-1-3-10-24/h4-6,11,17-18,20-21,26H,1-3,7-10,12-15H2/t17-,18-,20+,21-/m0/s1. The fourth-order valence-corrected chi connectivity index (χ4v) is 6.82. The van der Waals surface area contributed by atoms with Gasteiger partial charge >= 0.3 is 0 Å². The van der Waals surface area contributed by atoms with Crippen molar-refractivity contribution in [3.63, 3.8) is 0 Å². The molecular formula is C22H31ClN2O6S. The molecule has 0 bridgehead atoms. The number of carbonyl (C=O) groups is 1. The summed E-state index contributed by atoms with van der Waals surface area (Å²) in [7, 11) is -3.91. The molecule has 4 atom stereocenters. The van der Waals surface area contributed by atoms with Crippen LogP contribution in [0.15, 0.2) is 29.2 Å². The third-order valence-corrected chi connectivity index (χ3v) is 8.57. The van der Waals surface area contributed by atoms with Gasteiger partial charge in [-0.25, -0.2) is 8.42 Å². The van der Waals surface area contributed by atoms with Crippen LogP contribution in [0.3, 0.4) is 0 Å². The molecule has 10 heteroatoms. The van der Waals surface area contributed by atoms with Gasteiger partial charge in [-0.3, -0.25) is 4.79 Å². The van der Waals surface area contributed by atoms with Gasteiger partial charge in [0, 0.05) is 24.7 Å². The second-order valence-electron chi connectivity index (χ2n) is 8.81. The first-order valence-electron chi connectivity index (χ1n) is 11.3. The third kappa shape index (κ3) is 5.46. The number of halogens is 1. The molecule has 1 amide bonds. The topological polar surface area (TPSA) is 96.4 Å². The third-order valence-electron chi connectivity index (χ3n) is 6.45. The Morgan fingerprint density at radius 2 is 1.94 bits per heavy atom. The second kappa shape index (κ2) is 10.4. The van der Waals surface area contributed by atoms with Gasteiger partial charge in [-0.15, -0.1) is 0 Å². The lowest BCUT2D eigenvalue weighted by Gasteiger charge is -2.43. The van der Waals surface area contributed by atoms with E-state index in [0.717, 1.165) is 32.4 Å². The Hall–Kier alpha value is -1.23. The quantitative estimate of drug-likeness (QED) is 0.699. The molecule has 3 aliphatic rings. The van der Waals surface area contributed by atoms with Crippen molar-refractivity contribution in [2.45, 2.75) is 67.8 Å². The second-order valence-corrected chi connectivity index (χ2v) is 11.1. The van der Waals surface area contributed by atoms with Crippen LogP contribution in [-0.2, 0) is 24.3 Å². The molecule has 8 nitrogen and oxygen atoms in total. The number of sulfonamides is 1. The van der Waals surface area contributed by atoms with Crippen molar-refractivity contribution in [3.05, 3.63) is 29.3 Å². The number of β-amino-alcohol motifs (C(OH)–C–C–N with tert-alkyl or cyclic N) is 1. The SMILES string of the molecule is O=C(C[C@@H]1CC[C@@H]2[C@H](COC[C@@H](O)CN2S(=O)(=O)c2cccc(Cl)c2)O1)N1CCCCC1. The average Bonchev–Trinajstić information content (AvgIpc) is 2.77. The van der Waals surface area contributed by atoms with Crippen LogP contribution in [-0.4, -0.2) is 85.8 Å². The van der Waals surface area contributed by atoms with Crippen molar-refractivity contribution in [1.82, 2.24) is 9.21 Å². The predicted octanol–water partition coefficient (Wildman–Crippen LogP) is 2.04. The summed E-state index contributed by atoms with van der Waals surface area (Å²) in [4.78, 5) is 14.7. The van der Waals surface area contributed by atoms with Crippen molar-refractivity contribution in [3.8, 4) is 0 Å². The highest BCUT2D eigenvalue weighted by molar-refractivity contribution is 7.89. The molecular weight excluding hydrogens is 456 g/mol. The Balaban J connectivity index is 1.50. The van der Waals surface area contributed by atoms with E-state index in [1.54, 1.807) is 12.1 Å². The molecule has 3 heterocycles. The molecule has 1 aromatic rings. The predicted molar refractivity (Wildman–Crippen MR) is 119 cm³/mol. The maximum absolute atomic E-state index is 13.5. The van der Waals surface area contributed by atoms with Crippen LogP contribution in [0.4, 0.5) is 0 Å². The summed E-state index contributed by atoms with van der Waals surface area (Å²) in [6.45, 7) is 1.69. The maximum Gasteiger partial charge on any atom is 0.243 e. The highest BCUT2D eigenvalue weighted by atomic mass is 35.5. The largest absolute Gasteiger partial charge is 0.389 e. The molecule has 0 aliphatic carbocycles. The highest BCUT2D eigenvalue weighted by Gasteiger charge is 2.43. The van der Waals surface area contributed by atoms with Crippen LogP contribution in [0, 0.1) is 0 Å². The van der Waals surface area contributed by atoms with Gasteiger partial charge in [-0.1, -0.05) is 17.7 Å². The van der Waals surface area contributed by atoms with Crippen molar-refractivity contribution in [2.75, 3.05) is 32.8 Å². The molecule has 4 rings (SSSR count). The Morgan fingerprint density at radius 3 is 2.69 bits per heavy atom. The van der Waals surface area contributed by atoms with E-state index in [0.29, 0.717) is 24.3 Å². The number of amides is 1. The first-order chi connectivity index (χ1) is 15.3. The van der Waals surface area contributed by atoms with Crippen LogP contribution in [0.5, 0.6) is 0 Å². The molecule has 3 fully saturated rings. The monoisotopic (exact) mass is 486 g/mol. The summed E-state index contributed by atoms with van der Waals surface area (Å²) in [5.74, 6) is 0.0961. The minimum absolute atomic E-state index is 0.0194. The van der Waals surface area contributed by atoms with Gasteiger partial charge in [0.05, 0.1) is 48.9 Å². The molecule has 0 saturated carbocycles. The molecule has 0 spiro atoms. The van der Waals surface area contributed by atoms with Crippen LogP contribution < -0.4 is 0 Å². The van der Waals surface area contributed by atoms with Crippen LogP contribution in [0.25, 0.3) is 0 Å². The molecule has 3 aliphatic heterocycles. The Morgan fingerprint density at radius 1 is 1.16 bits per heavy atom. The number of hydrogen-bond donors (Lipinski definition) is 1. The van der Waals surface area contributed by atoms with E-state index in [1.807, 2.05) is 4.90 Å². The van der Waals surface area contributed by atoms with E-state index in [2.05, 4.69) is 0 Å². The average molecular weight is 487 g/mol. The molecule has 1 aromatic carbocycles. The van der Waals surface area contributed by atoms with E-state index < -0.39 is 28.3 Å².